The SMILES string of the molecule is COc1cccc(OC)c1OCc1c(F)cccc1Cl. The highest BCUT2D eigenvalue weighted by Crippen LogP contribution is 2.37. The van der Waals surface area contributed by atoms with Gasteiger partial charge in [-0.1, -0.05) is 23.7 Å². The summed E-state index contributed by atoms with van der Waals surface area (Å²) in [4.78, 5) is 0. The van der Waals surface area contributed by atoms with E-state index in [1.54, 1.807) is 30.3 Å². The normalized spacial score (nSPS) is 10.2. The maximum atomic E-state index is 13.7. The van der Waals surface area contributed by atoms with Gasteiger partial charge in [0.25, 0.3) is 0 Å². The quantitative estimate of drug-likeness (QED) is 0.832. The summed E-state index contributed by atoms with van der Waals surface area (Å²) >= 11 is 5.96. The van der Waals surface area contributed by atoms with Crippen molar-refractivity contribution in [2.75, 3.05) is 14.2 Å². The van der Waals surface area contributed by atoms with Crippen LogP contribution in [0.25, 0.3) is 0 Å². The molecule has 106 valence electrons. The zero-order valence-corrected chi connectivity index (χ0v) is 11.9. The molecular weight excluding hydrogens is 283 g/mol. The molecule has 0 bridgehead atoms. The van der Waals surface area contributed by atoms with Gasteiger partial charge >= 0.3 is 0 Å². The molecule has 0 amide bonds. The lowest BCUT2D eigenvalue weighted by atomic mass is 10.2. The van der Waals surface area contributed by atoms with Gasteiger partial charge in [-0.25, -0.2) is 4.39 Å². The first-order valence-electron chi connectivity index (χ1n) is 5.94. The molecule has 2 aromatic rings. The minimum atomic E-state index is -0.411. The summed E-state index contributed by atoms with van der Waals surface area (Å²) in [6.45, 7) is -0.0117. The van der Waals surface area contributed by atoms with Crippen LogP contribution in [0.1, 0.15) is 5.56 Å². The van der Waals surface area contributed by atoms with Crippen molar-refractivity contribution in [1.82, 2.24) is 0 Å². The van der Waals surface area contributed by atoms with Crippen LogP contribution >= 0.6 is 11.6 Å². The van der Waals surface area contributed by atoms with Crippen molar-refractivity contribution in [2.24, 2.45) is 0 Å². The van der Waals surface area contributed by atoms with Gasteiger partial charge in [-0.3, -0.25) is 0 Å². The molecule has 0 aromatic heterocycles. The van der Waals surface area contributed by atoms with Gasteiger partial charge in [0, 0.05) is 5.56 Å². The summed E-state index contributed by atoms with van der Waals surface area (Å²) in [6.07, 6.45) is 0. The molecule has 0 saturated heterocycles. The first kappa shape index (κ1) is 14.5. The van der Waals surface area contributed by atoms with Crippen LogP contribution in [-0.2, 0) is 6.61 Å². The van der Waals surface area contributed by atoms with Crippen molar-refractivity contribution < 1.29 is 18.6 Å². The molecule has 0 fully saturated rings. The smallest absolute Gasteiger partial charge is 0.203 e. The molecule has 2 rings (SSSR count). The Morgan fingerprint density at radius 2 is 1.60 bits per heavy atom. The Morgan fingerprint density at radius 1 is 1.00 bits per heavy atom. The minimum absolute atomic E-state index is 0.0117. The van der Waals surface area contributed by atoms with E-state index in [-0.39, 0.29) is 6.61 Å². The van der Waals surface area contributed by atoms with Crippen molar-refractivity contribution in [2.45, 2.75) is 6.61 Å². The molecular formula is C15H14ClFO3. The average molecular weight is 297 g/mol. The summed E-state index contributed by atoms with van der Waals surface area (Å²) in [5.41, 5.74) is 0.294. The van der Waals surface area contributed by atoms with Gasteiger partial charge in [0.2, 0.25) is 5.75 Å². The highest BCUT2D eigenvalue weighted by Gasteiger charge is 2.14. The van der Waals surface area contributed by atoms with Gasteiger partial charge < -0.3 is 14.2 Å². The third-order valence-electron chi connectivity index (χ3n) is 2.81. The number of hydrogen-bond acceptors (Lipinski definition) is 3. The molecule has 0 heterocycles. The zero-order valence-electron chi connectivity index (χ0n) is 11.2. The number of benzene rings is 2. The highest BCUT2D eigenvalue weighted by atomic mass is 35.5. The number of methoxy groups -OCH3 is 2. The summed E-state index contributed by atoms with van der Waals surface area (Å²) in [7, 11) is 3.05. The maximum absolute atomic E-state index is 13.7. The highest BCUT2D eigenvalue weighted by molar-refractivity contribution is 6.31. The van der Waals surface area contributed by atoms with Crippen LogP contribution in [0.5, 0.6) is 17.2 Å². The molecule has 0 aliphatic heterocycles. The third-order valence-corrected chi connectivity index (χ3v) is 3.16. The van der Waals surface area contributed by atoms with Crippen molar-refractivity contribution >= 4 is 11.6 Å². The Labute approximate surface area is 121 Å². The summed E-state index contributed by atoms with van der Waals surface area (Å²) in [6, 6.07) is 9.75. The van der Waals surface area contributed by atoms with Crippen LogP contribution in [0.2, 0.25) is 5.02 Å². The predicted molar refractivity (Wildman–Crippen MR) is 75.3 cm³/mol. The molecule has 0 aliphatic carbocycles. The predicted octanol–water partition coefficient (Wildman–Crippen LogP) is 4.08. The molecule has 0 aliphatic rings. The van der Waals surface area contributed by atoms with E-state index in [4.69, 9.17) is 25.8 Å². The van der Waals surface area contributed by atoms with Crippen molar-refractivity contribution in [3.8, 4) is 17.2 Å². The molecule has 2 aromatic carbocycles. The number of ether oxygens (including phenoxy) is 3. The first-order chi connectivity index (χ1) is 9.67. The van der Waals surface area contributed by atoms with Gasteiger partial charge in [-0.05, 0) is 24.3 Å². The lowest BCUT2D eigenvalue weighted by Gasteiger charge is -2.14. The van der Waals surface area contributed by atoms with Crippen LogP contribution in [0.3, 0.4) is 0 Å². The van der Waals surface area contributed by atoms with Crippen LogP contribution in [0, 0.1) is 5.82 Å². The molecule has 0 unspecified atom stereocenters. The summed E-state index contributed by atoms with van der Waals surface area (Å²) in [5.74, 6) is 1.02. The second kappa shape index (κ2) is 6.48. The average Bonchev–Trinajstić information content (AvgIpc) is 2.46. The molecule has 20 heavy (non-hydrogen) atoms. The van der Waals surface area contributed by atoms with E-state index in [0.717, 1.165) is 0 Å². The van der Waals surface area contributed by atoms with Gasteiger partial charge in [0.15, 0.2) is 11.5 Å². The molecule has 0 N–H and O–H groups in total. The van der Waals surface area contributed by atoms with E-state index < -0.39 is 5.82 Å². The number of rotatable bonds is 5. The molecule has 3 nitrogen and oxygen atoms in total. The van der Waals surface area contributed by atoms with Crippen molar-refractivity contribution in [1.29, 1.82) is 0 Å². The van der Waals surface area contributed by atoms with Gasteiger partial charge in [-0.15, -0.1) is 0 Å². The first-order valence-corrected chi connectivity index (χ1v) is 6.32. The van der Waals surface area contributed by atoms with Crippen molar-refractivity contribution in [3.05, 3.63) is 52.8 Å². The fraction of sp³-hybridized carbons (Fsp3) is 0.200. The Morgan fingerprint density at radius 3 is 2.15 bits per heavy atom. The zero-order chi connectivity index (χ0) is 14.5. The van der Waals surface area contributed by atoms with E-state index in [1.807, 2.05) is 0 Å². The van der Waals surface area contributed by atoms with Crippen LogP contribution in [0.4, 0.5) is 4.39 Å². The van der Waals surface area contributed by atoms with Crippen LogP contribution in [-0.4, -0.2) is 14.2 Å². The van der Waals surface area contributed by atoms with E-state index in [9.17, 15) is 4.39 Å². The summed E-state index contributed by atoms with van der Waals surface area (Å²) in [5, 5.41) is 0.318. The topological polar surface area (TPSA) is 27.7 Å². The lowest BCUT2D eigenvalue weighted by Crippen LogP contribution is -2.02. The maximum Gasteiger partial charge on any atom is 0.203 e. The monoisotopic (exact) mass is 296 g/mol. The fourth-order valence-electron chi connectivity index (χ4n) is 1.77. The van der Waals surface area contributed by atoms with Gasteiger partial charge in [0.1, 0.15) is 12.4 Å². The number of hydrogen-bond donors (Lipinski definition) is 0. The Bertz CT molecular complexity index is 559. The number of halogens is 2. The van der Waals surface area contributed by atoms with Crippen LogP contribution < -0.4 is 14.2 Å². The van der Waals surface area contributed by atoms with E-state index >= 15 is 0 Å². The van der Waals surface area contributed by atoms with E-state index in [0.29, 0.717) is 27.8 Å². The Hall–Kier alpha value is -1.94. The molecule has 0 radical (unpaired) electrons. The van der Waals surface area contributed by atoms with Crippen molar-refractivity contribution in [3.63, 3.8) is 0 Å². The van der Waals surface area contributed by atoms with E-state index in [1.165, 1.54) is 20.3 Å². The number of para-hydroxylation sites is 1. The largest absolute Gasteiger partial charge is 0.493 e. The van der Waals surface area contributed by atoms with Gasteiger partial charge in [0.05, 0.1) is 19.2 Å². The Balaban J connectivity index is 2.27. The third kappa shape index (κ3) is 2.96. The second-order valence-corrected chi connectivity index (χ2v) is 4.39. The standard InChI is InChI=1S/C15H14ClFO3/c1-18-13-7-4-8-14(19-2)15(13)20-9-10-11(16)5-3-6-12(10)17/h3-8H,9H2,1-2H3. The molecule has 0 saturated carbocycles. The molecule has 0 atom stereocenters. The van der Waals surface area contributed by atoms with E-state index in [2.05, 4.69) is 0 Å². The van der Waals surface area contributed by atoms with Gasteiger partial charge in [-0.2, -0.15) is 0 Å². The summed E-state index contributed by atoms with van der Waals surface area (Å²) < 4.78 is 29.7. The molecule has 0 spiro atoms. The molecule has 5 heteroatoms. The Kier molecular flexibility index (Phi) is 4.69. The lowest BCUT2D eigenvalue weighted by molar-refractivity contribution is 0.262. The second-order valence-electron chi connectivity index (χ2n) is 3.98. The van der Waals surface area contributed by atoms with Crippen LogP contribution in [0.15, 0.2) is 36.4 Å². The fourth-order valence-corrected chi connectivity index (χ4v) is 1.99. The minimum Gasteiger partial charge on any atom is -0.493 e.